The Labute approximate surface area is 87.1 Å². The van der Waals surface area contributed by atoms with Crippen molar-refractivity contribution in [1.29, 1.82) is 0 Å². The van der Waals surface area contributed by atoms with Crippen molar-refractivity contribution in [1.82, 2.24) is 0 Å². The summed E-state index contributed by atoms with van der Waals surface area (Å²) in [6.07, 6.45) is -1.83. The Hall–Kier alpha value is 0.566. The smallest absolute Gasteiger partial charge is 0.316 e. The summed E-state index contributed by atoms with van der Waals surface area (Å²) in [6.45, 7) is -0.800. The zero-order chi connectivity index (χ0) is 8.69. The van der Waals surface area contributed by atoms with Crippen LogP contribution >= 0.6 is 0 Å². The molecule has 0 aliphatic heterocycles. The van der Waals surface area contributed by atoms with Crippen molar-refractivity contribution >= 4 is 23.1 Å². The molecule has 0 amide bonds. The van der Waals surface area contributed by atoms with Gasteiger partial charge in [-0.05, 0) is 0 Å². The van der Waals surface area contributed by atoms with Crippen LogP contribution in [-0.2, 0) is 4.74 Å². The quantitative estimate of drug-likeness (QED) is 0.333. The SMILES string of the molecule is OCC(O)COCC(O)CO.[MgH2]. The molecule has 0 spiro atoms. The first-order valence-corrected chi connectivity index (χ1v) is 3.36. The van der Waals surface area contributed by atoms with Crippen LogP contribution in [0.3, 0.4) is 0 Å². The van der Waals surface area contributed by atoms with Crippen LogP contribution < -0.4 is 0 Å². The molecule has 0 bridgehead atoms. The predicted molar refractivity (Wildman–Crippen MR) is 45.5 cm³/mol. The molecule has 0 fully saturated rings. The molecular formula is C6H16MgO5. The van der Waals surface area contributed by atoms with Gasteiger partial charge in [-0.25, -0.2) is 0 Å². The molecule has 0 rings (SSSR count). The van der Waals surface area contributed by atoms with E-state index in [1.165, 1.54) is 0 Å². The molecule has 0 heterocycles. The molecule has 2 atom stereocenters. The van der Waals surface area contributed by atoms with E-state index in [4.69, 9.17) is 25.2 Å². The number of rotatable bonds is 6. The van der Waals surface area contributed by atoms with Gasteiger partial charge < -0.3 is 25.2 Å². The maximum atomic E-state index is 8.72. The Morgan fingerprint density at radius 2 is 1.25 bits per heavy atom. The highest BCUT2D eigenvalue weighted by Crippen LogP contribution is 1.87. The van der Waals surface area contributed by atoms with Crippen LogP contribution in [0, 0.1) is 0 Å². The molecule has 6 heteroatoms. The summed E-state index contributed by atoms with van der Waals surface area (Å²) in [5.41, 5.74) is 0. The van der Waals surface area contributed by atoms with Crippen molar-refractivity contribution in [3.63, 3.8) is 0 Å². The van der Waals surface area contributed by atoms with Crippen LogP contribution in [0.5, 0.6) is 0 Å². The fourth-order valence-electron chi connectivity index (χ4n) is 0.446. The second kappa shape index (κ2) is 9.65. The lowest BCUT2D eigenvalue weighted by molar-refractivity contribution is -0.0364. The average molecular weight is 192 g/mol. The minimum absolute atomic E-state index is 0. The molecule has 0 aromatic carbocycles. The van der Waals surface area contributed by atoms with E-state index < -0.39 is 12.2 Å². The van der Waals surface area contributed by atoms with Gasteiger partial charge in [0.25, 0.3) is 0 Å². The van der Waals surface area contributed by atoms with Gasteiger partial charge in [0, 0.05) is 0 Å². The second-order valence-corrected chi connectivity index (χ2v) is 2.21. The lowest BCUT2D eigenvalue weighted by Gasteiger charge is -2.10. The summed E-state index contributed by atoms with van der Waals surface area (Å²) in [7, 11) is 0. The van der Waals surface area contributed by atoms with Crippen molar-refractivity contribution in [3.8, 4) is 0 Å². The molecule has 72 valence electrons. The first-order valence-electron chi connectivity index (χ1n) is 3.36. The van der Waals surface area contributed by atoms with E-state index in [1.807, 2.05) is 0 Å². The van der Waals surface area contributed by atoms with Crippen LogP contribution in [0.4, 0.5) is 0 Å². The third-order valence-electron chi connectivity index (χ3n) is 1.04. The Kier molecular flexibility index (Phi) is 12.1. The van der Waals surface area contributed by atoms with E-state index in [-0.39, 0.29) is 49.5 Å². The van der Waals surface area contributed by atoms with E-state index in [0.717, 1.165) is 0 Å². The maximum absolute atomic E-state index is 8.72. The topological polar surface area (TPSA) is 90.2 Å². The summed E-state index contributed by atoms with van der Waals surface area (Å²) in [4.78, 5) is 0. The Bertz CT molecular complexity index is 82.0. The summed E-state index contributed by atoms with van der Waals surface area (Å²) in [6, 6.07) is 0. The molecule has 0 radical (unpaired) electrons. The third kappa shape index (κ3) is 8.66. The zero-order valence-corrected chi connectivity index (χ0v) is 6.18. The lowest BCUT2D eigenvalue weighted by atomic mass is 10.4. The normalized spacial score (nSPS) is 15.0. The Morgan fingerprint density at radius 1 is 0.917 bits per heavy atom. The lowest BCUT2D eigenvalue weighted by Crippen LogP contribution is -2.25. The minimum atomic E-state index is -0.916. The molecule has 12 heavy (non-hydrogen) atoms. The molecule has 0 aliphatic rings. The van der Waals surface area contributed by atoms with Crippen LogP contribution in [0.1, 0.15) is 0 Å². The van der Waals surface area contributed by atoms with Crippen LogP contribution in [0.2, 0.25) is 0 Å². The van der Waals surface area contributed by atoms with Gasteiger partial charge in [-0.1, -0.05) is 0 Å². The third-order valence-corrected chi connectivity index (χ3v) is 1.04. The second-order valence-electron chi connectivity index (χ2n) is 2.21. The summed E-state index contributed by atoms with van der Waals surface area (Å²) in [5.74, 6) is 0. The minimum Gasteiger partial charge on any atom is -0.394 e. The standard InChI is InChI=1S/C6H14O5.Mg.2H/c7-1-5(9)3-11-4-6(10)2-8;;;/h5-10H,1-4H2;;;. The first-order chi connectivity index (χ1) is 5.20. The first kappa shape index (κ1) is 15.1. The fourth-order valence-corrected chi connectivity index (χ4v) is 0.446. The summed E-state index contributed by atoms with van der Waals surface area (Å²) in [5, 5.41) is 34.1. The van der Waals surface area contributed by atoms with Crippen LogP contribution in [0.15, 0.2) is 0 Å². The highest BCUT2D eigenvalue weighted by atomic mass is 24.3. The number of hydrogen-bond donors (Lipinski definition) is 4. The molecule has 0 saturated heterocycles. The van der Waals surface area contributed by atoms with Crippen LogP contribution in [0.25, 0.3) is 0 Å². The highest BCUT2D eigenvalue weighted by molar-refractivity contribution is 5.75. The number of aliphatic hydroxyl groups is 4. The molecule has 0 aromatic heterocycles. The van der Waals surface area contributed by atoms with Crippen molar-refractivity contribution in [2.24, 2.45) is 0 Å². The van der Waals surface area contributed by atoms with Gasteiger partial charge >= 0.3 is 23.1 Å². The highest BCUT2D eigenvalue weighted by Gasteiger charge is 2.04. The van der Waals surface area contributed by atoms with E-state index in [0.29, 0.717) is 0 Å². The van der Waals surface area contributed by atoms with Gasteiger partial charge in [-0.3, -0.25) is 0 Å². The van der Waals surface area contributed by atoms with Gasteiger partial charge in [0.2, 0.25) is 0 Å². The molecule has 5 nitrogen and oxygen atoms in total. The van der Waals surface area contributed by atoms with Crippen molar-refractivity contribution in [2.75, 3.05) is 26.4 Å². The zero-order valence-electron chi connectivity index (χ0n) is 6.18. The number of ether oxygens (including phenoxy) is 1. The van der Waals surface area contributed by atoms with Gasteiger partial charge in [0.15, 0.2) is 0 Å². The van der Waals surface area contributed by atoms with Crippen LogP contribution in [-0.4, -0.2) is 82.1 Å². The van der Waals surface area contributed by atoms with Gasteiger partial charge in [0.05, 0.1) is 26.4 Å². The predicted octanol–water partition coefficient (Wildman–Crippen LogP) is -3.21. The van der Waals surface area contributed by atoms with E-state index in [2.05, 4.69) is 0 Å². The van der Waals surface area contributed by atoms with Gasteiger partial charge in [-0.2, -0.15) is 0 Å². The average Bonchev–Trinajstić information content (AvgIpc) is 2.04. The molecule has 0 saturated carbocycles. The number of hydrogen-bond acceptors (Lipinski definition) is 5. The molecule has 2 unspecified atom stereocenters. The van der Waals surface area contributed by atoms with Crippen molar-refractivity contribution in [2.45, 2.75) is 12.2 Å². The number of aliphatic hydroxyl groups excluding tert-OH is 4. The molecular weight excluding hydrogens is 176 g/mol. The van der Waals surface area contributed by atoms with Crippen molar-refractivity contribution < 1.29 is 25.2 Å². The van der Waals surface area contributed by atoms with E-state index in [1.54, 1.807) is 0 Å². The van der Waals surface area contributed by atoms with Gasteiger partial charge in [-0.15, -0.1) is 0 Å². The van der Waals surface area contributed by atoms with Gasteiger partial charge in [0.1, 0.15) is 12.2 Å². The van der Waals surface area contributed by atoms with E-state index >= 15 is 0 Å². The van der Waals surface area contributed by atoms with E-state index in [9.17, 15) is 0 Å². The maximum Gasteiger partial charge on any atom is 0.316 e. The van der Waals surface area contributed by atoms with Crippen molar-refractivity contribution in [3.05, 3.63) is 0 Å². The Balaban J connectivity index is 0. The Morgan fingerprint density at radius 3 is 1.50 bits per heavy atom. The molecule has 0 aromatic rings. The molecule has 0 aliphatic carbocycles. The monoisotopic (exact) mass is 192 g/mol. The largest absolute Gasteiger partial charge is 0.394 e. The fraction of sp³-hybridized carbons (Fsp3) is 1.00. The molecule has 4 N–H and O–H groups in total. The summed E-state index contributed by atoms with van der Waals surface area (Å²) < 4.78 is 4.72. The summed E-state index contributed by atoms with van der Waals surface area (Å²) >= 11 is 0.